The van der Waals surface area contributed by atoms with Gasteiger partial charge in [-0.2, -0.15) is 4.68 Å². The molecule has 2 bridgehead atoms. The Hall–Kier alpha value is -5.57. The predicted octanol–water partition coefficient (Wildman–Crippen LogP) is 4.20. The lowest BCUT2D eigenvalue weighted by molar-refractivity contribution is -0.147. The number of tetrazole rings is 1. The van der Waals surface area contributed by atoms with Crippen molar-refractivity contribution in [1.82, 2.24) is 35.5 Å². The first kappa shape index (κ1) is 31.8. The van der Waals surface area contributed by atoms with Gasteiger partial charge >= 0.3 is 12.1 Å². The molecule has 0 radical (unpaired) electrons. The number of fused-ring (bicyclic) bond motifs is 4. The fraction of sp³-hybridized carbons (Fsp3) is 0.267. The number of anilines is 2. The minimum absolute atomic E-state index is 0.0931. The lowest BCUT2D eigenvalue weighted by Gasteiger charge is -2.19. The number of carbonyl (C=O) groups excluding carboxylic acids is 4. The second kappa shape index (κ2) is 14.5. The number of H-pyrrole nitrogens is 1. The molecule has 16 heteroatoms. The number of ether oxygens (including phenoxy) is 2. The van der Waals surface area contributed by atoms with Crippen molar-refractivity contribution in [3.05, 3.63) is 71.4 Å². The van der Waals surface area contributed by atoms with Crippen LogP contribution >= 0.6 is 11.6 Å². The lowest BCUT2D eigenvalue weighted by atomic mass is 10.0. The highest BCUT2D eigenvalue weighted by Crippen LogP contribution is 2.32. The second-order valence-corrected chi connectivity index (χ2v) is 10.8. The summed E-state index contributed by atoms with van der Waals surface area (Å²) in [5.41, 5.74) is 3.13. The molecule has 2 aromatic carbocycles. The van der Waals surface area contributed by atoms with Crippen LogP contribution in [0.4, 0.5) is 16.2 Å². The molecule has 5 rings (SSSR count). The van der Waals surface area contributed by atoms with Crippen molar-refractivity contribution >= 4 is 52.9 Å². The zero-order chi connectivity index (χ0) is 32.6. The number of nitrogens with zero attached hydrogens (tertiary/aromatic N) is 5. The SMILES string of the molecule is COC(=O)Nc1ccc2c(c1)NC(=O)C[C@@H](OC(C)=O)CCCC(NC(=O)/C=C/c1cc(Cl)ccc1-n1cnnn1)c1ncc-2[nH]1. The third-order valence-corrected chi connectivity index (χ3v) is 7.26. The number of rotatable bonds is 6. The molecule has 4 aromatic rings. The number of aromatic nitrogens is 6. The zero-order valence-corrected chi connectivity index (χ0v) is 25.6. The molecule has 3 heterocycles. The summed E-state index contributed by atoms with van der Waals surface area (Å²) in [5.74, 6) is -0.827. The maximum absolute atomic E-state index is 13.2. The first-order chi connectivity index (χ1) is 22.2. The number of nitrogens with one attached hydrogen (secondary N) is 4. The molecule has 15 nitrogen and oxygen atoms in total. The van der Waals surface area contributed by atoms with Crippen LogP contribution in [0.5, 0.6) is 0 Å². The highest BCUT2D eigenvalue weighted by molar-refractivity contribution is 6.30. The second-order valence-electron chi connectivity index (χ2n) is 10.3. The molecule has 46 heavy (non-hydrogen) atoms. The van der Waals surface area contributed by atoms with Gasteiger partial charge in [0.15, 0.2) is 0 Å². The highest BCUT2D eigenvalue weighted by Gasteiger charge is 2.24. The summed E-state index contributed by atoms with van der Waals surface area (Å²) in [4.78, 5) is 57.7. The van der Waals surface area contributed by atoms with E-state index in [2.05, 4.69) is 46.2 Å². The van der Waals surface area contributed by atoms with E-state index in [1.54, 1.807) is 48.7 Å². The quantitative estimate of drug-likeness (QED) is 0.174. The Morgan fingerprint density at radius 3 is 2.76 bits per heavy atom. The number of imidazole rings is 1. The molecule has 1 aliphatic rings. The Kier molecular flexibility index (Phi) is 10.0. The Morgan fingerprint density at radius 2 is 2.00 bits per heavy atom. The molecule has 2 atom stereocenters. The summed E-state index contributed by atoms with van der Waals surface area (Å²) < 4.78 is 11.6. The molecule has 0 fully saturated rings. The minimum Gasteiger partial charge on any atom is -0.462 e. The number of carbonyl (C=O) groups is 4. The van der Waals surface area contributed by atoms with Gasteiger partial charge in [0.1, 0.15) is 18.3 Å². The number of amides is 3. The summed E-state index contributed by atoms with van der Waals surface area (Å²) in [6.45, 7) is 1.28. The van der Waals surface area contributed by atoms with Crippen LogP contribution in [-0.2, 0) is 23.9 Å². The Labute approximate surface area is 267 Å². The maximum atomic E-state index is 13.2. The Bertz CT molecular complexity index is 1770. The van der Waals surface area contributed by atoms with Crippen molar-refractivity contribution in [2.75, 3.05) is 17.7 Å². The third-order valence-electron chi connectivity index (χ3n) is 7.02. The van der Waals surface area contributed by atoms with Gasteiger partial charge in [-0.05, 0) is 72.2 Å². The van der Waals surface area contributed by atoms with Gasteiger partial charge in [0.05, 0.1) is 42.8 Å². The smallest absolute Gasteiger partial charge is 0.411 e. The van der Waals surface area contributed by atoms with Crippen molar-refractivity contribution in [3.63, 3.8) is 0 Å². The van der Waals surface area contributed by atoms with Crippen LogP contribution in [0.25, 0.3) is 23.0 Å². The van der Waals surface area contributed by atoms with Crippen LogP contribution in [0.2, 0.25) is 5.02 Å². The van der Waals surface area contributed by atoms with Crippen molar-refractivity contribution in [3.8, 4) is 16.9 Å². The van der Waals surface area contributed by atoms with Crippen LogP contribution in [-0.4, -0.2) is 67.3 Å². The first-order valence-electron chi connectivity index (χ1n) is 14.2. The molecular weight excluding hydrogens is 618 g/mol. The lowest BCUT2D eigenvalue weighted by Crippen LogP contribution is -2.28. The van der Waals surface area contributed by atoms with Gasteiger partial charge in [-0.3, -0.25) is 19.7 Å². The van der Waals surface area contributed by atoms with Gasteiger partial charge in [0.2, 0.25) is 11.8 Å². The molecule has 0 aliphatic carbocycles. The summed E-state index contributed by atoms with van der Waals surface area (Å²) in [5, 5.41) is 20.1. The Morgan fingerprint density at radius 1 is 1.15 bits per heavy atom. The monoisotopic (exact) mass is 647 g/mol. The number of aromatic amines is 1. The van der Waals surface area contributed by atoms with Gasteiger partial charge in [-0.25, -0.2) is 9.78 Å². The van der Waals surface area contributed by atoms with Gasteiger partial charge in [0.25, 0.3) is 0 Å². The van der Waals surface area contributed by atoms with Crippen LogP contribution in [0.3, 0.4) is 0 Å². The molecule has 4 N–H and O–H groups in total. The average Bonchev–Trinajstić information content (AvgIpc) is 3.72. The largest absolute Gasteiger partial charge is 0.462 e. The summed E-state index contributed by atoms with van der Waals surface area (Å²) >= 11 is 6.21. The minimum atomic E-state index is -0.701. The number of methoxy groups -OCH3 is 1. The van der Waals surface area contributed by atoms with E-state index in [0.29, 0.717) is 64.0 Å². The summed E-state index contributed by atoms with van der Waals surface area (Å²) in [7, 11) is 1.24. The standard InChI is InChI=1S/C30H30ClN9O6/c1-17(41)46-21-4-3-5-23(35-27(42)11-6-18-12-19(31)7-10-26(18)40-16-33-38-39-40)29-32-15-25(37-29)22-9-8-20(34-30(44)45-2)13-24(22)36-28(43)14-21/h6-13,15-16,21,23H,3-5,14H2,1-2H3,(H,32,37)(H,34,44)(H,35,42)(H,36,43)/b11-6+/t21-,23?/m0/s1. The molecule has 0 spiro atoms. The van der Waals surface area contributed by atoms with E-state index >= 15 is 0 Å². The molecule has 1 unspecified atom stereocenters. The number of esters is 1. The van der Waals surface area contributed by atoms with Gasteiger partial charge < -0.3 is 25.1 Å². The van der Waals surface area contributed by atoms with Crippen LogP contribution in [0, 0.1) is 0 Å². The van der Waals surface area contributed by atoms with Crippen molar-refractivity contribution in [1.29, 1.82) is 0 Å². The van der Waals surface area contributed by atoms with E-state index in [1.807, 2.05) is 0 Å². The number of halogens is 1. The average molecular weight is 648 g/mol. The molecule has 3 amide bonds. The Balaban J connectivity index is 1.43. The number of benzene rings is 2. The van der Waals surface area contributed by atoms with Crippen LogP contribution in [0.15, 0.2) is 55.0 Å². The summed E-state index contributed by atoms with van der Waals surface area (Å²) in [6.07, 6.45) is 5.82. The van der Waals surface area contributed by atoms with Crippen molar-refractivity contribution in [2.45, 2.75) is 44.8 Å². The maximum Gasteiger partial charge on any atom is 0.411 e. The van der Waals surface area contributed by atoms with E-state index in [4.69, 9.17) is 16.3 Å². The molecule has 1 aliphatic heterocycles. The van der Waals surface area contributed by atoms with E-state index in [-0.39, 0.29) is 6.42 Å². The van der Waals surface area contributed by atoms with Crippen molar-refractivity contribution < 1.29 is 28.7 Å². The fourth-order valence-electron chi connectivity index (χ4n) is 4.98. The predicted molar refractivity (Wildman–Crippen MR) is 167 cm³/mol. The van der Waals surface area contributed by atoms with Gasteiger partial charge in [-0.15, -0.1) is 5.10 Å². The fourth-order valence-corrected chi connectivity index (χ4v) is 5.16. The summed E-state index contributed by atoms with van der Waals surface area (Å²) in [6, 6.07) is 9.48. The molecule has 2 aromatic heterocycles. The van der Waals surface area contributed by atoms with E-state index in [1.165, 1.54) is 31.1 Å². The topological polar surface area (TPSA) is 195 Å². The van der Waals surface area contributed by atoms with E-state index in [0.717, 1.165) is 0 Å². The number of hydrogen-bond donors (Lipinski definition) is 4. The molecule has 0 saturated carbocycles. The van der Waals surface area contributed by atoms with Crippen LogP contribution in [0.1, 0.15) is 50.0 Å². The van der Waals surface area contributed by atoms with Gasteiger partial charge in [-0.1, -0.05) is 11.6 Å². The molecule has 0 saturated heterocycles. The third kappa shape index (κ3) is 8.12. The molecular formula is C30H30ClN9O6. The van der Waals surface area contributed by atoms with E-state index in [9.17, 15) is 19.2 Å². The van der Waals surface area contributed by atoms with Gasteiger partial charge in [0, 0.05) is 34.8 Å². The van der Waals surface area contributed by atoms with Crippen LogP contribution < -0.4 is 16.0 Å². The first-order valence-corrected chi connectivity index (χ1v) is 14.6. The number of hydrogen-bond acceptors (Lipinski definition) is 10. The zero-order valence-electron chi connectivity index (χ0n) is 24.8. The molecule has 238 valence electrons. The van der Waals surface area contributed by atoms with Crippen molar-refractivity contribution in [2.24, 2.45) is 0 Å². The van der Waals surface area contributed by atoms with E-state index < -0.39 is 36.0 Å². The normalized spacial score (nSPS) is 16.6. The highest BCUT2D eigenvalue weighted by atomic mass is 35.5.